The standard InChI is InChI=1S/C12H17ClFN3O2S.2ClH/c13-10-2-1-3-11(12(10)14)20(18,19)16-6-9-17-7-4-15-5-8-17;;/h1-3,15-16H,4-9H2;2*1H. The highest BCUT2D eigenvalue weighted by Crippen LogP contribution is 2.21. The number of hydrogen-bond acceptors (Lipinski definition) is 4. The molecule has 1 aliphatic heterocycles. The van der Waals surface area contributed by atoms with Gasteiger partial charge in [-0.15, -0.1) is 24.8 Å². The van der Waals surface area contributed by atoms with E-state index in [0.717, 1.165) is 26.2 Å². The van der Waals surface area contributed by atoms with Crippen LogP contribution in [0.25, 0.3) is 0 Å². The van der Waals surface area contributed by atoms with Crippen molar-refractivity contribution in [3.63, 3.8) is 0 Å². The molecule has 1 aromatic carbocycles. The monoisotopic (exact) mass is 393 g/mol. The molecular formula is C12H19Cl3FN3O2S. The van der Waals surface area contributed by atoms with Crippen LogP contribution >= 0.6 is 36.4 Å². The number of piperazine rings is 1. The Bertz CT molecular complexity index is 569. The Balaban J connectivity index is 0.00000220. The van der Waals surface area contributed by atoms with Gasteiger partial charge in [-0.2, -0.15) is 0 Å². The van der Waals surface area contributed by atoms with Gasteiger partial charge in [0.2, 0.25) is 10.0 Å². The van der Waals surface area contributed by atoms with Gasteiger partial charge >= 0.3 is 0 Å². The molecule has 128 valence electrons. The van der Waals surface area contributed by atoms with Crippen molar-refractivity contribution >= 4 is 46.4 Å². The fourth-order valence-corrected chi connectivity index (χ4v) is 3.39. The molecule has 1 aromatic rings. The third-order valence-corrected chi connectivity index (χ3v) is 4.91. The zero-order valence-electron chi connectivity index (χ0n) is 11.7. The molecule has 1 saturated heterocycles. The first-order valence-corrected chi connectivity index (χ1v) is 8.23. The van der Waals surface area contributed by atoms with Crippen LogP contribution in [0.1, 0.15) is 0 Å². The minimum Gasteiger partial charge on any atom is -0.314 e. The van der Waals surface area contributed by atoms with Crippen molar-refractivity contribution in [2.45, 2.75) is 4.90 Å². The second-order valence-corrected chi connectivity index (χ2v) is 6.68. The van der Waals surface area contributed by atoms with E-state index in [2.05, 4.69) is 14.9 Å². The molecule has 0 aromatic heterocycles. The van der Waals surface area contributed by atoms with Crippen molar-refractivity contribution in [1.82, 2.24) is 14.9 Å². The Morgan fingerprint density at radius 3 is 2.55 bits per heavy atom. The van der Waals surface area contributed by atoms with Crippen LogP contribution in [0, 0.1) is 5.82 Å². The Hall–Kier alpha value is -0.150. The van der Waals surface area contributed by atoms with Gasteiger partial charge < -0.3 is 5.32 Å². The number of benzene rings is 1. The normalized spacial score (nSPS) is 15.7. The Morgan fingerprint density at radius 1 is 1.27 bits per heavy atom. The van der Waals surface area contributed by atoms with E-state index in [1.54, 1.807) is 0 Å². The molecule has 1 aliphatic rings. The van der Waals surface area contributed by atoms with Crippen LogP contribution in [-0.2, 0) is 10.0 Å². The first-order valence-electron chi connectivity index (χ1n) is 6.37. The maximum absolute atomic E-state index is 13.7. The van der Waals surface area contributed by atoms with Crippen molar-refractivity contribution in [3.8, 4) is 0 Å². The first kappa shape index (κ1) is 21.9. The summed E-state index contributed by atoms with van der Waals surface area (Å²) in [5.74, 6) is -0.913. The van der Waals surface area contributed by atoms with Gasteiger partial charge in [0.15, 0.2) is 5.82 Å². The maximum Gasteiger partial charge on any atom is 0.243 e. The second-order valence-electron chi connectivity index (χ2n) is 4.54. The molecule has 0 aliphatic carbocycles. The van der Waals surface area contributed by atoms with Gasteiger partial charge in [0.25, 0.3) is 0 Å². The average Bonchev–Trinajstić information content (AvgIpc) is 2.42. The molecule has 1 fully saturated rings. The van der Waals surface area contributed by atoms with Gasteiger partial charge in [-0.25, -0.2) is 17.5 Å². The SMILES string of the molecule is Cl.Cl.O=S(=O)(NCCN1CCNCC1)c1cccc(Cl)c1F. The number of nitrogens with zero attached hydrogens (tertiary/aromatic N) is 1. The highest BCUT2D eigenvalue weighted by molar-refractivity contribution is 7.89. The Labute approximate surface area is 147 Å². The molecular weight excluding hydrogens is 376 g/mol. The van der Waals surface area contributed by atoms with Crippen molar-refractivity contribution in [2.24, 2.45) is 0 Å². The smallest absolute Gasteiger partial charge is 0.243 e. The number of sulfonamides is 1. The minimum absolute atomic E-state index is 0. The zero-order chi connectivity index (χ0) is 14.6. The van der Waals surface area contributed by atoms with E-state index in [0.29, 0.717) is 6.54 Å². The molecule has 22 heavy (non-hydrogen) atoms. The van der Waals surface area contributed by atoms with Crippen LogP contribution < -0.4 is 10.0 Å². The van der Waals surface area contributed by atoms with E-state index >= 15 is 0 Å². The summed E-state index contributed by atoms with van der Waals surface area (Å²) in [5, 5.41) is 3.02. The highest BCUT2D eigenvalue weighted by Gasteiger charge is 2.20. The zero-order valence-corrected chi connectivity index (χ0v) is 14.9. The van der Waals surface area contributed by atoms with E-state index in [-0.39, 0.29) is 36.4 Å². The molecule has 0 radical (unpaired) electrons. The largest absolute Gasteiger partial charge is 0.314 e. The molecule has 0 atom stereocenters. The topological polar surface area (TPSA) is 61.4 Å². The summed E-state index contributed by atoms with van der Waals surface area (Å²) < 4.78 is 40.1. The molecule has 2 N–H and O–H groups in total. The van der Waals surface area contributed by atoms with Gasteiger partial charge in [0.1, 0.15) is 4.90 Å². The quantitative estimate of drug-likeness (QED) is 0.795. The van der Waals surface area contributed by atoms with Crippen molar-refractivity contribution < 1.29 is 12.8 Å². The molecule has 0 amide bonds. The van der Waals surface area contributed by atoms with Crippen LogP contribution in [0.3, 0.4) is 0 Å². The van der Waals surface area contributed by atoms with Gasteiger partial charge in [-0.1, -0.05) is 17.7 Å². The predicted octanol–water partition coefficient (Wildman–Crippen LogP) is 1.51. The van der Waals surface area contributed by atoms with E-state index < -0.39 is 20.7 Å². The van der Waals surface area contributed by atoms with Crippen LogP contribution in [0.5, 0.6) is 0 Å². The molecule has 1 heterocycles. The summed E-state index contributed by atoms with van der Waals surface area (Å²) in [6.07, 6.45) is 0. The lowest BCUT2D eigenvalue weighted by Gasteiger charge is -2.27. The first-order chi connectivity index (χ1) is 9.50. The molecule has 2 rings (SSSR count). The molecule has 5 nitrogen and oxygen atoms in total. The van der Waals surface area contributed by atoms with Crippen molar-refractivity contribution in [1.29, 1.82) is 0 Å². The molecule has 0 unspecified atom stereocenters. The van der Waals surface area contributed by atoms with E-state index in [4.69, 9.17) is 11.6 Å². The highest BCUT2D eigenvalue weighted by atomic mass is 35.5. The van der Waals surface area contributed by atoms with Crippen LogP contribution in [-0.4, -0.2) is 52.6 Å². The average molecular weight is 395 g/mol. The lowest BCUT2D eigenvalue weighted by atomic mass is 10.3. The van der Waals surface area contributed by atoms with Gasteiger partial charge in [0.05, 0.1) is 5.02 Å². The molecule has 0 bridgehead atoms. The minimum atomic E-state index is -3.87. The Kier molecular flexibility index (Phi) is 9.80. The number of nitrogens with one attached hydrogen (secondary N) is 2. The van der Waals surface area contributed by atoms with Crippen LogP contribution in [0.2, 0.25) is 5.02 Å². The summed E-state index contributed by atoms with van der Waals surface area (Å²) in [6.45, 7) is 4.41. The van der Waals surface area contributed by atoms with E-state index in [9.17, 15) is 12.8 Å². The van der Waals surface area contributed by atoms with E-state index in [1.165, 1.54) is 18.2 Å². The molecule has 10 heteroatoms. The second kappa shape index (κ2) is 9.87. The van der Waals surface area contributed by atoms with Gasteiger partial charge in [0, 0.05) is 39.3 Å². The summed E-state index contributed by atoms with van der Waals surface area (Å²) in [5.41, 5.74) is 0. The third kappa shape index (κ3) is 5.81. The lowest BCUT2D eigenvalue weighted by Crippen LogP contribution is -2.46. The lowest BCUT2D eigenvalue weighted by molar-refractivity contribution is 0.245. The fourth-order valence-electron chi connectivity index (χ4n) is 2.04. The third-order valence-electron chi connectivity index (χ3n) is 3.14. The molecule has 0 spiro atoms. The fraction of sp³-hybridized carbons (Fsp3) is 0.500. The van der Waals surface area contributed by atoms with Crippen LogP contribution in [0.4, 0.5) is 4.39 Å². The van der Waals surface area contributed by atoms with Crippen LogP contribution in [0.15, 0.2) is 23.1 Å². The van der Waals surface area contributed by atoms with Crippen molar-refractivity contribution in [2.75, 3.05) is 39.3 Å². The van der Waals surface area contributed by atoms with Crippen molar-refractivity contribution in [3.05, 3.63) is 29.0 Å². The summed E-state index contributed by atoms with van der Waals surface area (Å²) in [6, 6.07) is 3.93. The molecule has 0 saturated carbocycles. The van der Waals surface area contributed by atoms with Gasteiger partial charge in [-0.3, -0.25) is 4.90 Å². The number of hydrogen-bond donors (Lipinski definition) is 2. The predicted molar refractivity (Wildman–Crippen MR) is 90.4 cm³/mol. The Morgan fingerprint density at radius 2 is 1.91 bits per heavy atom. The van der Waals surface area contributed by atoms with Gasteiger partial charge in [-0.05, 0) is 12.1 Å². The number of rotatable bonds is 5. The maximum atomic E-state index is 13.7. The number of halogens is 4. The summed E-state index contributed by atoms with van der Waals surface area (Å²) in [4.78, 5) is 1.73. The summed E-state index contributed by atoms with van der Waals surface area (Å²) >= 11 is 5.59. The van der Waals surface area contributed by atoms with E-state index in [1.807, 2.05) is 0 Å². The summed E-state index contributed by atoms with van der Waals surface area (Å²) in [7, 11) is -3.87.